The second-order valence-electron chi connectivity index (χ2n) is 7.78. The topological polar surface area (TPSA) is 89.3 Å². The minimum Gasteiger partial charge on any atom is -0.463 e. The molecule has 0 fully saturated rings. The Morgan fingerprint density at radius 3 is 2.59 bits per heavy atom. The molecule has 4 rings (SSSR count). The molecule has 34 heavy (non-hydrogen) atoms. The van der Waals surface area contributed by atoms with Crippen molar-refractivity contribution in [2.75, 3.05) is 23.4 Å². The van der Waals surface area contributed by atoms with E-state index in [-0.39, 0.29) is 24.6 Å². The standard InChI is InChI=1S/C24H23ClFN5O3/c1-4-34-23(33)21-15(3)30(12-20(32)29-18-10-5-14(2)19(25)11-18)24-27-13-28-31(24)22(21)16-6-8-17(26)9-7-16/h5-11,13,22H,4,12H2,1-3H3,(H,29,32). The number of amides is 1. The Morgan fingerprint density at radius 1 is 1.18 bits per heavy atom. The molecule has 1 aliphatic rings. The predicted octanol–water partition coefficient (Wildman–Crippen LogP) is 4.26. The van der Waals surface area contributed by atoms with Crippen LogP contribution in [-0.4, -0.2) is 39.8 Å². The number of anilines is 2. The minimum absolute atomic E-state index is 0.130. The first kappa shape index (κ1) is 23.4. The van der Waals surface area contributed by atoms with Crippen molar-refractivity contribution < 1.29 is 18.7 Å². The molecule has 1 atom stereocenters. The summed E-state index contributed by atoms with van der Waals surface area (Å²) in [4.78, 5) is 31.9. The van der Waals surface area contributed by atoms with Gasteiger partial charge in [-0.25, -0.2) is 13.9 Å². The number of rotatable bonds is 6. The van der Waals surface area contributed by atoms with Gasteiger partial charge in [-0.1, -0.05) is 29.8 Å². The van der Waals surface area contributed by atoms with Crippen LogP contribution in [0.25, 0.3) is 0 Å². The minimum atomic E-state index is -0.688. The van der Waals surface area contributed by atoms with Crippen LogP contribution >= 0.6 is 11.6 Å². The molecule has 2 aromatic carbocycles. The fraction of sp³-hybridized carbons (Fsp3) is 0.250. The van der Waals surface area contributed by atoms with E-state index in [1.165, 1.54) is 23.1 Å². The van der Waals surface area contributed by atoms with Crippen LogP contribution in [0.1, 0.15) is 31.0 Å². The Balaban J connectivity index is 1.71. The molecular formula is C24H23ClFN5O3. The van der Waals surface area contributed by atoms with Crippen molar-refractivity contribution in [3.05, 3.63) is 82.0 Å². The molecule has 0 spiro atoms. The largest absolute Gasteiger partial charge is 0.463 e. The smallest absolute Gasteiger partial charge is 0.338 e. The molecule has 10 heteroatoms. The molecule has 0 bridgehead atoms. The zero-order valence-electron chi connectivity index (χ0n) is 18.9. The van der Waals surface area contributed by atoms with Gasteiger partial charge in [0, 0.05) is 16.4 Å². The maximum atomic E-state index is 13.6. The number of nitrogens with zero attached hydrogens (tertiary/aromatic N) is 4. The monoisotopic (exact) mass is 483 g/mol. The number of esters is 1. The van der Waals surface area contributed by atoms with Gasteiger partial charge < -0.3 is 15.0 Å². The van der Waals surface area contributed by atoms with E-state index in [0.717, 1.165) is 5.56 Å². The third-order valence-electron chi connectivity index (χ3n) is 5.55. The highest BCUT2D eigenvalue weighted by atomic mass is 35.5. The quantitative estimate of drug-likeness (QED) is 0.527. The summed E-state index contributed by atoms with van der Waals surface area (Å²) in [5.74, 6) is -0.910. The van der Waals surface area contributed by atoms with Gasteiger partial charge in [0.1, 0.15) is 24.7 Å². The molecule has 0 aliphatic carbocycles. The average Bonchev–Trinajstić information content (AvgIpc) is 3.28. The van der Waals surface area contributed by atoms with Gasteiger partial charge in [-0.05, 0) is 56.2 Å². The zero-order chi connectivity index (χ0) is 24.4. The molecule has 176 valence electrons. The van der Waals surface area contributed by atoms with E-state index in [0.29, 0.717) is 27.9 Å². The van der Waals surface area contributed by atoms with Gasteiger partial charge in [0.2, 0.25) is 11.9 Å². The van der Waals surface area contributed by atoms with Crippen LogP contribution in [0.4, 0.5) is 16.0 Å². The van der Waals surface area contributed by atoms with E-state index >= 15 is 0 Å². The van der Waals surface area contributed by atoms with Gasteiger partial charge in [0.15, 0.2) is 0 Å². The first-order valence-electron chi connectivity index (χ1n) is 10.7. The molecule has 2 heterocycles. The van der Waals surface area contributed by atoms with Gasteiger partial charge in [-0.15, -0.1) is 0 Å². The van der Waals surface area contributed by atoms with Crippen molar-refractivity contribution in [3.8, 4) is 0 Å². The number of nitrogens with one attached hydrogen (secondary N) is 1. The van der Waals surface area contributed by atoms with Crippen LogP contribution in [0.15, 0.2) is 60.1 Å². The SMILES string of the molecule is CCOC(=O)C1=C(C)N(CC(=O)Nc2ccc(C)c(Cl)c2)c2ncnn2C1c1ccc(F)cc1. The maximum Gasteiger partial charge on any atom is 0.338 e. The second-order valence-corrected chi connectivity index (χ2v) is 8.18. The van der Waals surface area contributed by atoms with E-state index in [1.807, 2.05) is 13.0 Å². The number of aryl methyl sites for hydroxylation is 1. The van der Waals surface area contributed by atoms with Crippen molar-refractivity contribution in [1.82, 2.24) is 14.8 Å². The van der Waals surface area contributed by atoms with Crippen LogP contribution in [-0.2, 0) is 14.3 Å². The van der Waals surface area contributed by atoms with Gasteiger partial charge >= 0.3 is 5.97 Å². The Bertz CT molecular complexity index is 1270. The Labute approximate surface area is 201 Å². The first-order chi connectivity index (χ1) is 16.3. The Morgan fingerprint density at radius 2 is 1.91 bits per heavy atom. The van der Waals surface area contributed by atoms with Crippen molar-refractivity contribution in [2.45, 2.75) is 26.8 Å². The molecule has 1 N–H and O–H groups in total. The number of allylic oxidation sites excluding steroid dienone is 1. The second kappa shape index (κ2) is 9.64. The number of carbonyl (C=O) groups is 2. The highest BCUT2D eigenvalue weighted by Crippen LogP contribution is 2.38. The number of aromatic nitrogens is 3. The number of fused-ring (bicyclic) bond motifs is 1. The maximum absolute atomic E-state index is 13.6. The predicted molar refractivity (Wildman–Crippen MR) is 126 cm³/mol. The average molecular weight is 484 g/mol. The molecular weight excluding hydrogens is 461 g/mol. The van der Waals surface area contributed by atoms with Crippen LogP contribution in [0.2, 0.25) is 5.02 Å². The summed E-state index contributed by atoms with van der Waals surface area (Å²) in [5.41, 5.74) is 2.86. The third-order valence-corrected chi connectivity index (χ3v) is 5.95. The summed E-state index contributed by atoms with van der Waals surface area (Å²) in [7, 11) is 0. The van der Waals surface area contributed by atoms with E-state index in [9.17, 15) is 14.0 Å². The van der Waals surface area contributed by atoms with Crippen LogP contribution in [0.5, 0.6) is 0 Å². The lowest BCUT2D eigenvalue weighted by Gasteiger charge is -2.35. The van der Waals surface area contributed by atoms with E-state index in [2.05, 4.69) is 15.4 Å². The molecule has 1 unspecified atom stereocenters. The number of hydrogen-bond donors (Lipinski definition) is 1. The number of benzene rings is 2. The lowest BCUT2D eigenvalue weighted by molar-refractivity contribution is -0.139. The van der Waals surface area contributed by atoms with E-state index < -0.39 is 17.8 Å². The summed E-state index contributed by atoms with van der Waals surface area (Å²) in [6.45, 7) is 5.34. The van der Waals surface area contributed by atoms with Gasteiger partial charge in [0.05, 0.1) is 12.2 Å². The Hall–Kier alpha value is -3.72. The first-order valence-corrected chi connectivity index (χ1v) is 11.0. The summed E-state index contributed by atoms with van der Waals surface area (Å²) in [6, 6.07) is 10.4. The lowest BCUT2D eigenvalue weighted by atomic mass is 9.95. The summed E-state index contributed by atoms with van der Waals surface area (Å²) in [6.07, 6.45) is 1.35. The van der Waals surface area contributed by atoms with Crippen molar-refractivity contribution >= 4 is 35.1 Å². The highest BCUT2D eigenvalue weighted by molar-refractivity contribution is 6.31. The number of hydrogen-bond acceptors (Lipinski definition) is 6. The molecule has 1 aliphatic heterocycles. The normalized spacial score (nSPS) is 15.2. The van der Waals surface area contributed by atoms with Crippen LogP contribution in [0, 0.1) is 12.7 Å². The van der Waals surface area contributed by atoms with E-state index in [1.54, 1.807) is 43.0 Å². The van der Waals surface area contributed by atoms with Crippen molar-refractivity contribution in [3.63, 3.8) is 0 Å². The molecule has 8 nitrogen and oxygen atoms in total. The van der Waals surface area contributed by atoms with Gasteiger partial charge in [0.25, 0.3) is 0 Å². The third kappa shape index (κ3) is 4.51. The van der Waals surface area contributed by atoms with Gasteiger partial charge in [-0.3, -0.25) is 4.79 Å². The molecule has 1 amide bonds. The molecule has 0 saturated carbocycles. The molecule has 1 aromatic heterocycles. The fourth-order valence-corrected chi connectivity index (χ4v) is 4.04. The van der Waals surface area contributed by atoms with Crippen LogP contribution < -0.4 is 10.2 Å². The Kier molecular flexibility index (Phi) is 6.65. The lowest BCUT2D eigenvalue weighted by Crippen LogP contribution is -2.40. The fourth-order valence-electron chi connectivity index (χ4n) is 3.86. The molecule has 0 radical (unpaired) electrons. The summed E-state index contributed by atoms with van der Waals surface area (Å²) >= 11 is 6.17. The zero-order valence-corrected chi connectivity index (χ0v) is 19.6. The summed E-state index contributed by atoms with van der Waals surface area (Å²) in [5, 5.41) is 7.66. The number of halogens is 2. The van der Waals surface area contributed by atoms with E-state index in [4.69, 9.17) is 16.3 Å². The summed E-state index contributed by atoms with van der Waals surface area (Å²) < 4.78 is 20.4. The van der Waals surface area contributed by atoms with Crippen LogP contribution in [0.3, 0.4) is 0 Å². The molecule has 3 aromatic rings. The highest BCUT2D eigenvalue weighted by Gasteiger charge is 2.38. The van der Waals surface area contributed by atoms with Gasteiger partial charge in [-0.2, -0.15) is 10.1 Å². The van der Waals surface area contributed by atoms with Crippen molar-refractivity contribution in [2.24, 2.45) is 0 Å². The number of carbonyl (C=O) groups excluding carboxylic acids is 2. The van der Waals surface area contributed by atoms with Crippen molar-refractivity contribution in [1.29, 1.82) is 0 Å². The molecule has 0 saturated heterocycles. The number of ether oxygens (including phenoxy) is 1.